The molecule has 0 aliphatic carbocycles. The van der Waals surface area contributed by atoms with E-state index in [9.17, 15) is 0 Å². The lowest BCUT2D eigenvalue weighted by atomic mass is 10.2. The van der Waals surface area contributed by atoms with Crippen LogP contribution in [0.25, 0.3) is 10.6 Å². The summed E-state index contributed by atoms with van der Waals surface area (Å²) < 4.78 is 0. The minimum atomic E-state index is 0.850. The minimum absolute atomic E-state index is 0.850. The van der Waals surface area contributed by atoms with Crippen LogP contribution in [0.5, 0.6) is 0 Å². The van der Waals surface area contributed by atoms with Crippen LogP contribution in [-0.4, -0.2) is 10.2 Å². The standard InChI is InChI=1S/C9H9BrN2S/c1-6-7(5-10)9(12-11-6)8-3-2-4-13-8/h2-4H,5H2,1H3,(H,11,12). The Morgan fingerprint density at radius 2 is 2.46 bits per heavy atom. The van der Waals surface area contributed by atoms with Crippen LogP contribution in [0.2, 0.25) is 0 Å². The van der Waals surface area contributed by atoms with Crippen molar-refractivity contribution in [2.75, 3.05) is 0 Å². The molecular weight excluding hydrogens is 248 g/mol. The van der Waals surface area contributed by atoms with E-state index in [0.29, 0.717) is 0 Å². The van der Waals surface area contributed by atoms with Gasteiger partial charge < -0.3 is 0 Å². The number of thiophene rings is 1. The molecule has 4 heteroatoms. The van der Waals surface area contributed by atoms with Gasteiger partial charge in [0.1, 0.15) is 5.69 Å². The van der Waals surface area contributed by atoms with Gasteiger partial charge in [-0.05, 0) is 18.4 Å². The molecule has 0 saturated carbocycles. The number of alkyl halides is 1. The van der Waals surface area contributed by atoms with Gasteiger partial charge >= 0.3 is 0 Å². The number of rotatable bonds is 2. The summed E-state index contributed by atoms with van der Waals surface area (Å²) in [7, 11) is 0. The van der Waals surface area contributed by atoms with E-state index < -0.39 is 0 Å². The third-order valence-electron chi connectivity index (χ3n) is 1.96. The number of H-pyrrole nitrogens is 1. The van der Waals surface area contributed by atoms with Crippen LogP contribution in [0.4, 0.5) is 0 Å². The Morgan fingerprint density at radius 1 is 1.62 bits per heavy atom. The van der Waals surface area contributed by atoms with E-state index in [1.165, 1.54) is 10.4 Å². The molecule has 2 aromatic heterocycles. The first-order chi connectivity index (χ1) is 6.33. The Balaban J connectivity index is 2.52. The van der Waals surface area contributed by atoms with Crippen LogP contribution >= 0.6 is 27.3 Å². The molecule has 2 heterocycles. The molecule has 0 spiro atoms. The molecule has 0 bridgehead atoms. The van der Waals surface area contributed by atoms with Crippen molar-refractivity contribution in [1.82, 2.24) is 10.2 Å². The third-order valence-corrected chi connectivity index (χ3v) is 3.40. The highest BCUT2D eigenvalue weighted by Gasteiger charge is 2.10. The molecule has 0 saturated heterocycles. The van der Waals surface area contributed by atoms with Crippen molar-refractivity contribution >= 4 is 27.3 Å². The number of aromatic amines is 1. The van der Waals surface area contributed by atoms with Gasteiger partial charge in [-0.15, -0.1) is 11.3 Å². The summed E-state index contributed by atoms with van der Waals surface area (Å²) in [5.74, 6) is 0. The van der Waals surface area contributed by atoms with Crippen molar-refractivity contribution in [3.63, 3.8) is 0 Å². The Kier molecular flexibility index (Phi) is 2.51. The molecule has 2 rings (SSSR count). The predicted molar refractivity (Wildman–Crippen MR) is 59.3 cm³/mol. The van der Waals surface area contributed by atoms with Gasteiger partial charge in [-0.1, -0.05) is 22.0 Å². The second kappa shape index (κ2) is 3.64. The number of halogens is 1. The summed E-state index contributed by atoms with van der Waals surface area (Å²) in [6.45, 7) is 2.04. The SMILES string of the molecule is Cc1[nH]nc(-c2cccs2)c1CBr. The van der Waals surface area contributed by atoms with E-state index in [1.807, 2.05) is 13.0 Å². The third kappa shape index (κ3) is 1.56. The van der Waals surface area contributed by atoms with E-state index in [-0.39, 0.29) is 0 Å². The molecule has 0 unspecified atom stereocenters. The zero-order valence-electron chi connectivity index (χ0n) is 7.17. The second-order valence-corrected chi connectivity index (χ2v) is 4.30. The van der Waals surface area contributed by atoms with Gasteiger partial charge in [0.2, 0.25) is 0 Å². The largest absolute Gasteiger partial charge is 0.282 e. The van der Waals surface area contributed by atoms with E-state index in [0.717, 1.165) is 16.7 Å². The summed E-state index contributed by atoms with van der Waals surface area (Å²) in [6.07, 6.45) is 0. The molecule has 0 amide bonds. The number of nitrogens with one attached hydrogen (secondary N) is 1. The topological polar surface area (TPSA) is 28.7 Å². The van der Waals surface area contributed by atoms with Gasteiger partial charge in [-0.3, -0.25) is 5.10 Å². The fourth-order valence-electron chi connectivity index (χ4n) is 1.23. The molecule has 13 heavy (non-hydrogen) atoms. The maximum Gasteiger partial charge on any atom is 0.106 e. The maximum absolute atomic E-state index is 4.28. The summed E-state index contributed by atoms with van der Waals surface area (Å²) in [5.41, 5.74) is 3.46. The van der Waals surface area contributed by atoms with E-state index >= 15 is 0 Å². The fraction of sp³-hybridized carbons (Fsp3) is 0.222. The normalized spacial score (nSPS) is 10.6. The molecule has 0 fully saturated rings. The highest BCUT2D eigenvalue weighted by molar-refractivity contribution is 9.08. The average molecular weight is 257 g/mol. The minimum Gasteiger partial charge on any atom is -0.282 e. The summed E-state index contributed by atoms with van der Waals surface area (Å²) in [5, 5.41) is 10.2. The van der Waals surface area contributed by atoms with E-state index in [2.05, 4.69) is 37.6 Å². The highest BCUT2D eigenvalue weighted by atomic mass is 79.9. The number of aromatic nitrogens is 2. The number of hydrogen-bond donors (Lipinski definition) is 1. The van der Waals surface area contributed by atoms with Gasteiger partial charge in [0, 0.05) is 16.6 Å². The first-order valence-corrected chi connectivity index (χ1v) is 5.96. The number of nitrogens with zero attached hydrogens (tertiary/aromatic N) is 1. The molecule has 0 radical (unpaired) electrons. The van der Waals surface area contributed by atoms with Crippen molar-refractivity contribution < 1.29 is 0 Å². The van der Waals surface area contributed by atoms with Gasteiger partial charge in [0.15, 0.2) is 0 Å². The van der Waals surface area contributed by atoms with Crippen molar-refractivity contribution in [1.29, 1.82) is 0 Å². The quantitative estimate of drug-likeness (QED) is 0.821. The Hall–Kier alpha value is -0.610. The highest BCUT2D eigenvalue weighted by Crippen LogP contribution is 2.28. The van der Waals surface area contributed by atoms with Crippen LogP contribution in [0.15, 0.2) is 17.5 Å². The van der Waals surface area contributed by atoms with Gasteiger partial charge in [0.25, 0.3) is 0 Å². The van der Waals surface area contributed by atoms with Crippen LogP contribution in [0.1, 0.15) is 11.3 Å². The first-order valence-electron chi connectivity index (χ1n) is 3.96. The summed E-state index contributed by atoms with van der Waals surface area (Å²) in [6, 6.07) is 4.13. The van der Waals surface area contributed by atoms with Crippen molar-refractivity contribution in [2.45, 2.75) is 12.3 Å². The van der Waals surface area contributed by atoms with Crippen LogP contribution < -0.4 is 0 Å². The van der Waals surface area contributed by atoms with Crippen LogP contribution in [-0.2, 0) is 5.33 Å². The molecular formula is C9H9BrN2S. The van der Waals surface area contributed by atoms with Gasteiger partial charge in [-0.25, -0.2) is 0 Å². The zero-order chi connectivity index (χ0) is 9.26. The van der Waals surface area contributed by atoms with Crippen molar-refractivity contribution in [3.8, 4) is 10.6 Å². The average Bonchev–Trinajstić information content (AvgIpc) is 2.71. The number of hydrogen-bond acceptors (Lipinski definition) is 2. The van der Waals surface area contributed by atoms with Crippen molar-refractivity contribution in [2.24, 2.45) is 0 Å². The van der Waals surface area contributed by atoms with Crippen molar-refractivity contribution in [3.05, 3.63) is 28.8 Å². The Labute approximate surface area is 89.1 Å². The zero-order valence-corrected chi connectivity index (χ0v) is 9.58. The lowest BCUT2D eigenvalue weighted by Gasteiger charge is -1.95. The fourth-order valence-corrected chi connectivity index (χ4v) is 2.66. The lowest BCUT2D eigenvalue weighted by Crippen LogP contribution is -1.81. The monoisotopic (exact) mass is 256 g/mol. The molecule has 2 nitrogen and oxygen atoms in total. The molecule has 0 aromatic carbocycles. The summed E-state index contributed by atoms with van der Waals surface area (Å²) >= 11 is 5.18. The Morgan fingerprint density at radius 3 is 3.08 bits per heavy atom. The van der Waals surface area contributed by atoms with Crippen LogP contribution in [0.3, 0.4) is 0 Å². The summed E-state index contributed by atoms with van der Waals surface area (Å²) in [4.78, 5) is 1.22. The molecule has 1 N–H and O–H groups in total. The second-order valence-electron chi connectivity index (χ2n) is 2.79. The smallest absolute Gasteiger partial charge is 0.106 e. The molecule has 68 valence electrons. The predicted octanol–water partition coefficient (Wildman–Crippen LogP) is 3.34. The molecule has 0 aliphatic heterocycles. The number of aryl methyl sites for hydroxylation is 1. The molecule has 0 atom stereocenters. The molecule has 0 aliphatic rings. The van der Waals surface area contributed by atoms with E-state index in [4.69, 9.17) is 0 Å². The molecule has 2 aromatic rings. The maximum atomic E-state index is 4.28. The first kappa shape index (κ1) is 8.97. The van der Waals surface area contributed by atoms with Gasteiger partial charge in [-0.2, -0.15) is 5.10 Å². The Bertz CT molecular complexity index is 392. The van der Waals surface area contributed by atoms with Crippen LogP contribution in [0, 0.1) is 6.92 Å². The van der Waals surface area contributed by atoms with Gasteiger partial charge in [0.05, 0.1) is 4.88 Å². The lowest BCUT2D eigenvalue weighted by molar-refractivity contribution is 1.05. The van der Waals surface area contributed by atoms with E-state index in [1.54, 1.807) is 11.3 Å².